The molecule has 0 atom stereocenters. The minimum Gasteiger partial charge on any atom is -0.481 e. The van der Waals surface area contributed by atoms with Crippen molar-refractivity contribution in [2.75, 3.05) is 13.2 Å². The normalized spacial score (nSPS) is 10.1. The first-order valence-electron chi connectivity index (χ1n) is 7.59. The first-order chi connectivity index (χ1) is 10.1. The first kappa shape index (κ1) is 19.4. The second-order valence-electron chi connectivity index (χ2n) is 4.85. The molecule has 0 aliphatic heterocycles. The summed E-state index contributed by atoms with van der Waals surface area (Å²) in [5.41, 5.74) is 0. The summed E-state index contributed by atoms with van der Waals surface area (Å²) in [5, 5.41) is 8.43. The van der Waals surface area contributed by atoms with Crippen LogP contribution in [0.25, 0.3) is 0 Å². The largest absolute Gasteiger partial charge is 0.481 e. The maximum Gasteiger partial charge on any atom is 0.305 e. The zero-order valence-electron chi connectivity index (χ0n) is 12.8. The van der Waals surface area contributed by atoms with Gasteiger partial charge in [-0.3, -0.25) is 14.4 Å². The Bertz CT molecular complexity index is 313. The average Bonchev–Trinajstić information content (AvgIpc) is 2.44. The van der Waals surface area contributed by atoms with Crippen LogP contribution in [0.2, 0.25) is 0 Å². The molecule has 0 heterocycles. The molecule has 0 rings (SSSR count). The van der Waals surface area contributed by atoms with Gasteiger partial charge in [0.15, 0.2) is 0 Å². The van der Waals surface area contributed by atoms with Crippen LogP contribution in [-0.2, 0) is 23.9 Å². The quantitative estimate of drug-likeness (QED) is 0.415. The van der Waals surface area contributed by atoms with Gasteiger partial charge >= 0.3 is 17.9 Å². The van der Waals surface area contributed by atoms with Crippen LogP contribution in [0.3, 0.4) is 0 Å². The zero-order chi connectivity index (χ0) is 15.9. The molecular formula is C15H26O6. The molecule has 0 aliphatic rings. The maximum atomic E-state index is 11.3. The third-order valence-electron chi connectivity index (χ3n) is 2.87. The number of rotatable bonds is 13. The van der Waals surface area contributed by atoms with Gasteiger partial charge in [-0.05, 0) is 19.3 Å². The molecule has 122 valence electrons. The summed E-state index contributed by atoms with van der Waals surface area (Å²) in [4.78, 5) is 32.8. The highest BCUT2D eigenvalue weighted by atomic mass is 16.6. The number of hydrogen-bond donors (Lipinski definition) is 1. The molecular weight excluding hydrogens is 276 g/mol. The molecule has 1 N–H and O–H groups in total. The van der Waals surface area contributed by atoms with Gasteiger partial charge in [-0.15, -0.1) is 0 Å². The van der Waals surface area contributed by atoms with Crippen molar-refractivity contribution in [3.63, 3.8) is 0 Å². The third-order valence-corrected chi connectivity index (χ3v) is 2.87. The molecule has 0 amide bonds. The molecule has 6 nitrogen and oxygen atoms in total. The number of carboxylic acids is 1. The molecule has 0 bridgehead atoms. The van der Waals surface area contributed by atoms with Gasteiger partial charge in [-0.2, -0.15) is 0 Å². The van der Waals surface area contributed by atoms with Crippen molar-refractivity contribution in [1.29, 1.82) is 0 Å². The van der Waals surface area contributed by atoms with Gasteiger partial charge in [0.25, 0.3) is 0 Å². The Hall–Kier alpha value is -1.59. The molecule has 21 heavy (non-hydrogen) atoms. The third kappa shape index (κ3) is 14.6. The summed E-state index contributed by atoms with van der Waals surface area (Å²) >= 11 is 0. The van der Waals surface area contributed by atoms with Gasteiger partial charge in [0, 0.05) is 19.3 Å². The predicted octanol–water partition coefficient (Wildman–Crippen LogP) is 2.69. The molecule has 0 spiro atoms. The Balaban J connectivity index is 3.38. The van der Waals surface area contributed by atoms with Crippen molar-refractivity contribution in [3.8, 4) is 0 Å². The Morgan fingerprint density at radius 1 is 0.762 bits per heavy atom. The molecule has 0 radical (unpaired) electrons. The van der Waals surface area contributed by atoms with Crippen LogP contribution in [0, 0.1) is 0 Å². The molecule has 0 aromatic carbocycles. The van der Waals surface area contributed by atoms with E-state index < -0.39 is 5.97 Å². The van der Waals surface area contributed by atoms with Crippen LogP contribution in [0.15, 0.2) is 0 Å². The molecule has 6 heteroatoms. The number of esters is 2. The number of carboxylic acid groups (broad SMARTS) is 1. The lowest BCUT2D eigenvalue weighted by molar-refractivity contribution is -0.152. The van der Waals surface area contributed by atoms with Gasteiger partial charge in [-0.1, -0.05) is 26.2 Å². The lowest BCUT2D eigenvalue weighted by atomic mass is 10.2. The van der Waals surface area contributed by atoms with E-state index in [2.05, 4.69) is 6.92 Å². The maximum absolute atomic E-state index is 11.3. The predicted molar refractivity (Wildman–Crippen MR) is 76.8 cm³/mol. The summed E-state index contributed by atoms with van der Waals surface area (Å²) < 4.78 is 9.81. The molecule has 0 saturated carbocycles. The van der Waals surface area contributed by atoms with Crippen LogP contribution in [0.5, 0.6) is 0 Å². The van der Waals surface area contributed by atoms with Crippen LogP contribution in [0.4, 0.5) is 0 Å². The summed E-state index contributed by atoms with van der Waals surface area (Å²) in [7, 11) is 0. The van der Waals surface area contributed by atoms with Gasteiger partial charge in [-0.25, -0.2) is 0 Å². The van der Waals surface area contributed by atoms with E-state index in [0.717, 1.165) is 25.7 Å². The van der Waals surface area contributed by atoms with Crippen molar-refractivity contribution in [2.24, 2.45) is 0 Å². The van der Waals surface area contributed by atoms with E-state index >= 15 is 0 Å². The Morgan fingerprint density at radius 3 is 1.71 bits per heavy atom. The van der Waals surface area contributed by atoms with E-state index in [4.69, 9.17) is 14.6 Å². The first-order valence-corrected chi connectivity index (χ1v) is 7.59. The van der Waals surface area contributed by atoms with E-state index in [1.165, 1.54) is 0 Å². The number of aliphatic carboxylic acids is 1. The van der Waals surface area contributed by atoms with Crippen LogP contribution in [0.1, 0.15) is 64.7 Å². The molecule has 0 fully saturated rings. The highest BCUT2D eigenvalue weighted by Crippen LogP contribution is 2.04. The van der Waals surface area contributed by atoms with E-state index in [0.29, 0.717) is 19.3 Å². The SMILES string of the molecule is CCCCCCC(=O)OCCOC(=O)CCCCC(=O)O. The number of unbranched alkanes of at least 4 members (excludes halogenated alkanes) is 4. The van der Waals surface area contributed by atoms with Gasteiger partial charge in [0.2, 0.25) is 0 Å². The highest BCUT2D eigenvalue weighted by molar-refractivity contribution is 5.70. The van der Waals surface area contributed by atoms with Crippen LogP contribution < -0.4 is 0 Å². The van der Waals surface area contributed by atoms with Crippen molar-refractivity contribution >= 4 is 17.9 Å². The van der Waals surface area contributed by atoms with Crippen molar-refractivity contribution in [3.05, 3.63) is 0 Å². The molecule has 0 aliphatic carbocycles. The summed E-state index contributed by atoms with van der Waals surface area (Å²) in [5.74, 6) is -1.52. The molecule has 0 aromatic rings. The number of ether oxygens (including phenoxy) is 2. The highest BCUT2D eigenvalue weighted by Gasteiger charge is 2.06. The Morgan fingerprint density at radius 2 is 1.24 bits per heavy atom. The fraction of sp³-hybridized carbons (Fsp3) is 0.800. The number of hydrogen-bond acceptors (Lipinski definition) is 5. The van der Waals surface area contributed by atoms with Gasteiger partial charge in [0.05, 0.1) is 0 Å². The topological polar surface area (TPSA) is 89.9 Å². The molecule has 0 unspecified atom stereocenters. The Labute approximate surface area is 125 Å². The van der Waals surface area contributed by atoms with E-state index in [9.17, 15) is 14.4 Å². The van der Waals surface area contributed by atoms with Crippen LogP contribution in [-0.4, -0.2) is 36.2 Å². The minimum absolute atomic E-state index is 0.0540. The van der Waals surface area contributed by atoms with Crippen molar-refractivity contribution in [2.45, 2.75) is 64.7 Å². The van der Waals surface area contributed by atoms with Gasteiger partial charge in [0.1, 0.15) is 13.2 Å². The van der Waals surface area contributed by atoms with E-state index in [1.54, 1.807) is 0 Å². The zero-order valence-corrected chi connectivity index (χ0v) is 12.8. The second-order valence-corrected chi connectivity index (χ2v) is 4.85. The number of carbonyl (C=O) groups excluding carboxylic acids is 2. The smallest absolute Gasteiger partial charge is 0.305 e. The summed E-state index contributed by atoms with van der Waals surface area (Å²) in [6.07, 6.45) is 5.70. The summed E-state index contributed by atoms with van der Waals surface area (Å²) in [6, 6.07) is 0. The Kier molecular flexibility index (Phi) is 12.4. The van der Waals surface area contributed by atoms with Crippen molar-refractivity contribution in [1.82, 2.24) is 0 Å². The lowest BCUT2D eigenvalue weighted by Crippen LogP contribution is -2.13. The van der Waals surface area contributed by atoms with Gasteiger partial charge < -0.3 is 14.6 Å². The van der Waals surface area contributed by atoms with Crippen molar-refractivity contribution < 1.29 is 29.0 Å². The molecule has 0 aromatic heterocycles. The number of carbonyl (C=O) groups is 3. The standard InChI is InChI=1S/C15H26O6/c1-2-3-4-5-9-14(18)20-11-12-21-15(19)10-7-6-8-13(16)17/h2-12H2,1H3,(H,16,17). The fourth-order valence-electron chi connectivity index (χ4n) is 1.70. The minimum atomic E-state index is -0.866. The average molecular weight is 302 g/mol. The van der Waals surface area contributed by atoms with E-state index in [1.807, 2.05) is 0 Å². The second kappa shape index (κ2) is 13.4. The monoisotopic (exact) mass is 302 g/mol. The van der Waals surface area contributed by atoms with E-state index in [-0.39, 0.29) is 38.0 Å². The van der Waals surface area contributed by atoms with Crippen LogP contribution >= 0.6 is 0 Å². The summed E-state index contributed by atoms with van der Waals surface area (Å²) in [6.45, 7) is 2.24. The molecule has 0 saturated heterocycles. The lowest BCUT2D eigenvalue weighted by Gasteiger charge is -2.06. The fourth-order valence-corrected chi connectivity index (χ4v) is 1.70.